The van der Waals surface area contributed by atoms with Crippen LogP contribution in [-0.2, 0) is 14.2 Å². The van der Waals surface area contributed by atoms with Gasteiger partial charge in [0.25, 0.3) is 0 Å². The van der Waals surface area contributed by atoms with Gasteiger partial charge in [0, 0.05) is 31.8 Å². The van der Waals surface area contributed by atoms with E-state index < -0.39 is 0 Å². The van der Waals surface area contributed by atoms with Gasteiger partial charge >= 0.3 is 0 Å². The van der Waals surface area contributed by atoms with E-state index in [-0.39, 0.29) is 0 Å². The maximum absolute atomic E-state index is 6.05. The van der Waals surface area contributed by atoms with Crippen LogP contribution >= 0.6 is 0 Å². The van der Waals surface area contributed by atoms with Crippen molar-refractivity contribution in [2.75, 3.05) is 40.1 Å². The molecular formula is C16H33NO3. The predicted molar refractivity (Wildman–Crippen MR) is 82.1 cm³/mol. The van der Waals surface area contributed by atoms with Crippen molar-refractivity contribution in [2.45, 2.75) is 58.6 Å². The molecule has 20 heavy (non-hydrogen) atoms. The lowest BCUT2D eigenvalue weighted by Gasteiger charge is -2.54. The van der Waals surface area contributed by atoms with Gasteiger partial charge in [0.05, 0.1) is 19.3 Å². The fourth-order valence-electron chi connectivity index (χ4n) is 2.81. The van der Waals surface area contributed by atoms with Gasteiger partial charge in [-0.2, -0.15) is 0 Å². The summed E-state index contributed by atoms with van der Waals surface area (Å²) in [5, 5.41) is 3.65. The molecule has 1 N–H and O–H groups in total. The van der Waals surface area contributed by atoms with Crippen molar-refractivity contribution in [2.24, 2.45) is 5.41 Å². The Labute approximate surface area is 124 Å². The monoisotopic (exact) mass is 287 g/mol. The first-order chi connectivity index (χ1) is 9.69. The first-order valence-corrected chi connectivity index (χ1v) is 8.10. The summed E-state index contributed by atoms with van der Waals surface area (Å²) < 4.78 is 16.4. The Bertz CT molecular complexity index is 250. The van der Waals surface area contributed by atoms with E-state index >= 15 is 0 Å². The summed E-state index contributed by atoms with van der Waals surface area (Å²) in [5.74, 6) is 0. The maximum Gasteiger partial charge on any atom is 0.0700 e. The van der Waals surface area contributed by atoms with Crippen LogP contribution in [0.3, 0.4) is 0 Å². The topological polar surface area (TPSA) is 39.7 Å². The van der Waals surface area contributed by atoms with Gasteiger partial charge in [-0.05, 0) is 32.2 Å². The van der Waals surface area contributed by atoms with Gasteiger partial charge in [0.2, 0.25) is 0 Å². The Morgan fingerprint density at radius 2 is 1.95 bits per heavy atom. The molecule has 0 bridgehead atoms. The van der Waals surface area contributed by atoms with Crippen molar-refractivity contribution in [1.29, 1.82) is 0 Å². The molecule has 4 nitrogen and oxygen atoms in total. The van der Waals surface area contributed by atoms with Gasteiger partial charge in [-0.15, -0.1) is 0 Å². The lowest BCUT2D eigenvalue weighted by atomic mass is 9.61. The summed E-state index contributed by atoms with van der Waals surface area (Å²) >= 11 is 0. The van der Waals surface area contributed by atoms with Crippen LogP contribution in [0, 0.1) is 5.41 Å². The molecule has 0 aromatic heterocycles. The quantitative estimate of drug-likeness (QED) is 0.560. The van der Waals surface area contributed by atoms with Crippen LogP contribution in [0.25, 0.3) is 0 Å². The van der Waals surface area contributed by atoms with Crippen LogP contribution in [0.2, 0.25) is 0 Å². The van der Waals surface area contributed by atoms with Crippen LogP contribution in [-0.4, -0.2) is 52.2 Å². The van der Waals surface area contributed by atoms with Crippen molar-refractivity contribution in [3.05, 3.63) is 0 Å². The summed E-state index contributed by atoms with van der Waals surface area (Å²) in [6.45, 7) is 10.8. The molecule has 1 fully saturated rings. The van der Waals surface area contributed by atoms with Crippen molar-refractivity contribution < 1.29 is 14.2 Å². The Balaban J connectivity index is 2.12. The van der Waals surface area contributed by atoms with Crippen LogP contribution in [0.15, 0.2) is 0 Å². The average Bonchev–Trinajstić information content (AvgIpc) is 2.46. The molecule has 0 aromatic carbocycles. The Kier molecular flexibility index (Phi) is 8.69. The number of nitrogens with one attached hydrogen (secondary N) is 1. The molecule has 120 valence electrons. The number of ether oxygens (including phenoxy) is 3. The second kappa shape index (κ2) is 9.72. The largest absolute Gasteiger partial charge is 0.382 e. The predicted octanol–water partition coefficient (Wildman–Crippen LogP) is 2.61. The molecule has 3 atom stereocenters. The molecule has 1 saturated carbocycles. The van der Waals surface area contributed by atoms with Gasteiger partial charge in [-0.3, -0.25) is 0 Å². The molecule has 1 aliphatic rings. The van der Waals surface area contributed by atoms with E-state index in [0.717, 1.165) is 32.6 Å². The lowest BCUT2D eigenvalue weighted by molar-refractivity contribution is -0.131. The smallest absolute Gasteiger partial charge is 0.0700 e. The van der Waals surface area contributed by atoms with E-state index in [1.54, 1.807) is 7.11 Å². The zero-order valence-corrected chi connectivity index (χ0v) is 13.7. The molecule has 3 unspecified atom stereocenters. The Morgan fingerprint density at radius 1 is 1.15 bits per heavy atom. The molecule has 0 heterocycles. The number of hydrogen-bond donors (Lipinski definition) is 1. The summed E-state index contributed by atoms with van der Waals surface area (Å²) in [6, 6.07) is 0.621. The van der Waals surface area contributed by atoms with Gasteiger partial charge in [0.15, 0.2) is 0 Å². The Morgan fingerprint density at radius 3 is 2.60 bits per heavy atom. The van der Waals surface area contributed by atoms with E-state index in [2.05, 4.69) is 26.1 Å². The minimum atomic E-state index is 0.298. The van der Waals surface area contributed by atoms with Crippen molar-refractivity contribution in [3.8, 4) is 0 Å². The molecule has 0 radical (unpaired) electrons. The summed E-state index contributed by atoms with van der Waals surface area (Å²) in [6.07, 6.45) is 4.88. The molecule has 1 aliphatic carbocycles. The molecular weight excluding hydrogens is 254 g/mol. The van der Waals surface area contributed by atoms with E-state index in [1.807, 2.05) is 0 Å². The molecule has 0 amide bonds. The molecule has 0 aliphatic heterocycles. The van der Waals surface area contributed by atoms with E-state index in [0.29, 0.717) is 30.8 Å². The average molecular weight is 287 g/mol. The number of methoxy groups -OCH3 is 1. The number of hydrogen-bond acceptors (Lipinski definition) is 4. The van der Waals surface area contributed by atoms with Crippen LogP contribution in [0.1, 0.15) is 46.5 Å². The normalized spacial score (nSPS) is 29.4. The summed E-state index contributed by atoms with van der Waals surface area (Å²) in [4.78, 5) is 0. The van der Waals surface area contributed by atoms with Crippen molar-refractivity contribution in [3.63, 3.8) is 0 Å². The lowest BCUT2D eigenvalue weighted by Crippen LogP contribution is -2.62. The molecule has 0 spiro atoms. The van der Waals surface area contributed by atoms with Crippen LogP contribution in [0.5, 0.6) is 0 Å². The summed E-state index contributed by atoms with van der Waals surface area (Å²) in [7, 11) is 1.69. The highest BCUT2D eigenvalue weighted by atomic mass is 16.5. The second-order valence-electron chi connectivity index (χ2n) is 5.92. The maximum atomic E-state index is 6.05. The highest BCUT2D eigenvalue weighted by Gasteiger charge is 2.50. The third-order valence-electron chi connectivity index (χ3n) is 4.57. The minimum absolute atomic E-state index is 0.298. The van der Waals surface area contributed by atoms with E-state index in [9.17, 15) is 0 Å². The van der Waals surface area contributed by atoms with Gasteiger partial charge in [0.1, 0.15) is 0 Å². The van der Waals surface area contributed by atoms with Crippen molar-refractivity contribution in [1.82, 2.24) is 5.32 Å². The highest BCUT2D eigenvalue weighted by molar-refractivity contribution is 5.04. The van der Waals surface area contributed by atoms with Crippen molar-refractivity contribution >= 4 is 0 Å². The number of rotatable bonds is 12. The first-order valence-electron chi connectivity index (χ1n) is 8.10. The SMILES string of the molecule is CCCNC1CC(OCCCOCCOC)C1(C)CC. The molecule has 1 rings (SSSR count). The molecule has 4 heteroatoms. The van der Waals surface area contributed by atoms with Crippen LogP contribution in [0.4, 0.5) is 0 Å². The standard InChI is InChI=1S/C16H33NO3/c1-5-8-17-14-13-15(16(14,3)6-2)20-10-7-9-19-12-11-18-4/h14-15,17H,5-13H2,1-4H3. The first kappa shape index (κ1) is 17.9. The van der Waals surface area contributed by atoms with Crippen LogP contribution < -0.4 is 5.32 Å². The zero-order chi connectivity index (χ0) is 14.8. The molecule has 0 aromatic rings. The van der Waals surface area contributed by atoms with Gasteiger partial charge in [-0.1, -0.05) is 20.8 Å². The third kappa shape index (κ3) is 4.99. The fraction of sp³-hybridized carbons (Fsp3) is 1.00. The summed E-state index contributed by atoms with van der Waals surface area (Å²) in [5.41, 5.74) is 0.298. The minimum Gasteiger partial charge on any atom is -0.382 e. The zero-order valence-electron chi connectivity index (χ0n) is 13.7. The highest BCUT2D eigenvalue weighted by Crippen LogP contribution is 2.45. The van der Waals surface area contributed by atoms with E-state index in [4.69, 9.17) is 14.2 Å². The Hall–Kier alpha value is -0.160. The van der Waals surface area contributed by atoms with E-state index in [1.165, 1.54) is 12.8 Å². The van der Waals surface area contributed by atoms with Gasteiger partial charge < -0.3 is 19.5 Å². The third-order valence-corrected chi connectivity index (χ3v) is 4.57. The van der Waals surface area contributed by atoms with Gasteiger partial charge in [-0.25, -0.2) is 0 Å². The fourth-order valence-corrected chi connectivity index (χ4v) is 2.81. The molecule has 0 saturated heterocycles. The second-order valence-corrected chi connectivity index (χ2v) is 5.92.